The van der Waals surface area contributed by atoms with Crippen LogP contribution in [0.4, 0.5) is 0 Å². The summed E-state index contributed by atoms with van der Waals surface area (Å²) in [7, 11) is 0. The molecule has 0 atom stereocenters. The Morgan fingerprint density at radius 3 is 2.29 bits per heavy atom. The fourth-order valence-electron chi connectivity index (χ4n) is 2.48. The predicted molar refractivity (Wildman–Crippen MR) is 93.0 cm³/mol. The van der Waals surface area contributed by atoms with Crippen LogP contribution in [0.3, 0.4) is 0 Å². The van der Waals surface area contributed by atoms with Gasteiger partial charge >= 0.3 is 0 Å². The van der Waals surface area contributed by atoms with Crippen molar-refractivity contribution in [2.24, 2.45) is 5.92 Å². The van der Waals surface area contributed by atoms with Crippen molar-refractivity contribution in [3.05, 3.63) is 24.4 Å². The third-order valence-corrected chi connectivity index (χ3v) is 4.20. The number of hydrogen-bond acceptors (Lipinski definition) is 2. The summed E-state index contributed by atoms with van der Waals surface area (Å²) >= 11 is 0. The standard InChI is InChI=1S/C19H32N2/c1-6-7-8-12-20-13-15-21(16-14-20)19(5)11-9-10-18(4)17(2)3/h17H,4-6,9-16H2,1-3H3. The zero-order valence-corrected chi connectivity index (χ0v) is 14.2. The van der Waals surface area contributed by atoms with Crippen LogP contribution in [-0.4, -0.2) is 42.5 Å². The third-order valence-electron chi connectivity index (χ3n) is 4.20. The lowest BCUT2D eigenvalue weighted by Gasteiger charge is -2.36. The number of nitrogens with zero attached hydrogens (tertiary/aromatic N) is 2. The molecule has 1 fully saturated rings. The van der Waals surface area contributed by atoms with E-state index in [1.165, 1.54) is 17.7 Å². The van der Waals surface area contributed by atoms with Gasteiger partial charge < -0.3 is 4.90 Å². The van der Waals surface area contributed by atoms with E-state index in [1.807, 2.05) is 0 Å². The van der Waals surface area contributed by atoms with E-state index in [0.29, 0.717) is 5.92 Å². The van der Waals surface area contributed by atoms with E-state index >= 15 is 0 Å². The topological polar surface area (TPSA) is 6.48 Å². The maximum Gasteiger partial charge on any atom is 0.0602 e. The highest BCUT2D eigenvalue weighted by Gasteiger charge is 2.16. The third kappa shape index (κ3) is 6.87. The minimum absolute atomic E-state index is 0.603. The zero-order valence-electron chi connectivity index (χ0n) is 14.2. The van der Waals surface area contributed by atoms with Gasteiger partial charge in [-0.25, -0.2) is 0 Å². The van der Waals surface area contributed by atoms with Crippen molar-refractivity contribution in [1.82, 2.24) is 9.80 Å². The van der Waals surface area contributed by atoms with Crippen LogP contribution in [-0.2, 0) is 0 Å². The van der Waals surface area contributed by atoms with Gasteiger partial charge in [0.25, 0.3) is 0 Å². The van der Waals surface area contributed by atoms with Crippen LogP contribution in [0.1, 0.15) is 46.5 Å². The van der Waals surface area contributed by atoms with Gasteiger partial charge in [0.05, 0.1) is 6.54 Å². The van der Waals surface area contributed by atoms with Crippen molar-refractivity contribution in [3.8, 4) is 11.8 Å². The quantitative estimate of drug-likeness (QED) is 0.517. The number of rotatable bonds is 7. The first-order valence-electron chi connectivity index (χ1n) is 8.33. The monoisotopic (exact) mass is 288 g/mol. The molecule has 2 heteroatoms. The minimum atomic E-state index is 0.603. The van der Waals surface area contributed by atoms with Crippen LogP contribution < -0.4 is 0 Å². The Morgan fingerprint density at radius 2 is 1.71 bits per heavy atom. The maximum atomic E-state index is 4.27. The molecule has 0 bridgehead atoms. The van der Waals surface area contributed by atoms with Crippen LogP contribution in [0.5, 0.6) is 0 Å². The zero-order chi connectivity index (χ0) is 15.7. The number of piperazine rings is 1. The van der Waals surface area contributed by atoms with Gasteiger partial charge in [-0.1, -0.05) is 45.4 Å². The molecule has 0 saturated carbocycles. The van der Waals surface area contributed by atoms with Crippen LogP contribution >= 0.6 is 0 Å². The molecule has 0 aromatic rings. The average Bonchev–Trinajstić information content (AvgIpc) is 2.47. The Kier molecular flexibility index (Phi) is 8.23. The lowest BCUT2D eigenvalue weighted by Crippen LogP contribution is -2.45. The van der Waals surface area contributed by atoms with E-state index in [1.54, 1.807) is 0 Å². The molecule has 21 heavy (non-hydrogen) atoms. The number of hydrogen-bond donors (Lipinski definition) is 0. The van der Waals surface area contributed by atoms with Crippen LogP contribution in [0.15, 0.2) is 24.4 Å². The molecule has 1 heterocycles. The molecule has 0 aromatic carbocycles. The van der Waals surface area contributed by atoms with Gasteiger partial charge in [-0.3, -0.25) is 4.90 Å². The number of allylic oxidation sites excluding steroid dienone is 2. The van der Waals surface area contributed by atoms with Crippen molar-refractivity contribution in [2.45, 2.75) is 46.5 Å². The van der Waals surface area contributed by atoms with Gasteiger partial charge in [0.2, 0.25) is 0 Å². The summed E-state index contributed by atoms with van der Waals surface area (Å²) in [4.78, 5) is 4.88. The first-order chi connectivity index (χ1) is 10.0. The largest absolute Gasteiger partial charge is 0.373 e. The van der Waals surface area contributed by atoms with Gasteiger partial charge in [-0.15, -0.1) is 5.92 Å². The highest BCUT2D eigenvalue weighted by atomic mass is 15.3. The van der Waals surface area contributed by atoms with Crippen molar-refractivity contribution in [1.29, 1.82) is 0 Å². The van der Waals surface area contributed by atoms with Crippen molar-refractivity contribution in [2.75, 3.05) is 32.7 Å². The van der Waals surface area contributed by atoms with Gasteiger partial charge in [-0.05, 0) is 25.2 Å². The summed E-state index contributed by atoms with van der Waals surface area (Å²) in [6.07, 6.45) is 4.36. The fourth-order valence-corrected chi connectivity index (χ4v) is 2.48. The second-order valence-electron chi connectivity index (χ2n) is 6.20. The lowest BCUT2D eigenvalue weighted by molar-refractivity contribution is 0.170. The Bertz CT molecular complexity index is 390. The van der Waals surface area contributed by atoms with Crippen molar-refractivity contribution >= 4 is 0 Å². The highest BCUT2D eigenvalue weighted by molar-refractivity contribution is 5.03. The fraction of sp³-hybridized carbons (Fsp3) is 0.684. The van der Waals surface area contributed by atoms with Gasteiger partial charge in [0.1, 0.15) is 0 Å². The SMILES string of the molecule is C=C(CCCC(=C)N1CCN(CC#CCC)CC1)C(C)C. The second-order valence-corrected chi connectivity index (χ2v) is 6.20. The first-order valence-corrected chi connectivity index (χ1v) is 8.33. The molecule has 0 radical (unpaired) electrons. The summed E-state index contributed by atoms with van der Waals surface area (Å²) in [5.74, 6) is 6.98. The molecular weight excluding hydrogens is 256 g/mol. The maximum absolute atomic E-state index is 4.27. The molecule has 0 spiro atoms. The van der Waals surface area contributed by atoms with Crippen molar-refractivity contribution < 1.29 is 0 Å². The molecule has 0 amide bonds. The average molecular weight is 288 g/mol. The van der Waals surface area contributed by atoms with E-state index < -0.39 is 0 Å². The summed E-state index contributed by atoms with van der Waals surface area (Å²) < 4.78 is 0. The molecule has 118 valence electrons. The smallest absolute Gasteiger partial charge is 0.0602 e. The molecule has 1 rings (SSSR count). The highest BCUT2D eigenvalue weighted by Crippen LogP contribution is 2.19. The molecule has 0 N–H and O–H groups in total. The molecule has 1 aliphatic rings. The Labute approximate surface area is 131 Å². The molecular formula is C19H32N2. The minimum Gasteiger partial charge on any atom is -0.373 e. The molecule has 0 unspecified atom stereocenters. The lowest BCUT2D eigenvalue weighted by atomic mass is 9.99. The van der Waals surface area contributed by atoms with Crippen LogP contribution in [0.2, 0.25) is 0 Å². The van der Waals surface area contributed by atoms with Gasteiger partial charge in [0.15, 0.2) is 0 Å². The molecule has 1 saturated heterocycles. The Morgan fingerprint density at radius 1 is 1.05 bits per heavy atom. The molecule has 0 aliphatic carbocycles. The Balaban J connectivity index is 2.21. The summed E-state index contributed by atoms with van der Waals surface area (Å²) in [5.41, 5.74) is 2.66. The normalized spacial score (nSPS) is 15.7. The van der Waals surface area contributed by atoms with Crippen LogP contribution in [0.25, 0.3) is 0 Å². The summed E-state index contributed by atoms with van der Waals surface area (Å²) in [5, 5.41) is 0. The van der Waals surface area contributed by atoms with Crippen molar-refractivity contribution in [3.63, 3.8) is 0 Å². The van der Waals surface area contributed by atoms with E-state index in [4.69, 9.17) is 0 Å². The molecule has 2 nitrogen and oxygen atoms in total. The van der Waals surface area contributed by atoms with Gasteiger partial charge in [-0.2, -0.15) is 0 Å². The van der Waals surface area contributed by atoms with E-state index in [9.17, 15) is 0 Å². The van der Waals surface area contributed by atoms with E-state index in [2.05, 4.69) is 55.6 Å². The first kappa shape index (κ1) is 17.9. The Hall–Kier alpha value is -1.20. The predicted octanol–water partition coefficient (Wildman–Crippen LogP) is 3.91. The van der Waals surface area contributed by atoms with Gasteiger partial charge in [0, 0.05) is 38.3 Å². The van der Waals surface area contributed by atoms with E-state index in [-0.39, 0.29) is 0 Å². The molecule has 0 aromatic heterocycles. The van der Waals surface area contributed by atoms with Crippen LogP contribution in [0, 0.1) is 17.8 Å². The summed E-state index contributed by atoms with van der Waals surface area (Å²) in [6, 6.07) is 0. The second kappa shape index (κ2) is 9.68. The summed E-state index contributed by atoms with van der Waals surface area (Å²) in [6.45, 7) is 20.3. The molecule has 1 aliphatic heterocycles. The van der Waals surface area contributed by atoms with E-state index in [0.717, 1.165) is 52.0 Å².